The fourth-order valence-electron chi connectivity index (χ4n) is 2.80. The number of hydrogen-bond acceptors (Lipinski definition) is 4. The molecule has 0 amide bonds. The average Bonchev–Trinajstić information content (AvgIpc) is 2.73. The molecule has 4 nitrogen and oxygen atoms in total. The summed E-state index contributed by atoms with van der Waals surface area (Å²) in [5.74, 6) is 1.62. The molecule has 1 aliphatic heterocycles. The van der Waals surface area contributed by atoms with Gasteiger partial charge in [-0.3, -0.25) is 0 Å². The highest BCUT2D eigenvalue weighted by atomic mass is 16.7. The van der Waals surface area contributed by atoms with Crippen LogP contribution < -0.4 is 14.9 Å². The zero-order valence-electron chi connectivity index (χ0n) is 14.6. The second kappa shape index (κ2) is 5.43. The van der Waals surface area contributed by atoms with Crippen molar-refractivity contribution in [3.05, 3.63) is 30.3 Å². The molecule has 3 rings (SSSR count). The van der Waals surface area contributed by atoms with Gasteiger partial charge in [0.25, 0.3) is 0 Å². The van der Waals surface area contributed by atoms with Crippen molar-refractivity contribution in [3.63, 3.8) is 0 Å². The lowest BCUT2D eigenvalue weighted by Gasteiger charge is -2.32. The van der Waals surface area contributed by atoms with E-state index in [1.54, 1.807) is 14.2 Å². The fraction of sp³-hybridized carbons (Fsp3) is 0.444. The highest BCUT2D eigenvalue weighted by Gasteiger charge is 2.52. The van der Waals surface area contributed by atoms with Crippen molar-refractivity contribution in [2.45, 2.75) is 38.9 Å². The van der Waals surface area contributed by atoms with Crippen molar-refractivity contribution in [1.82, 2.24) is 0 Å². The van der Waals surface area contributed by atoms with Crippen LogP contribution in [0.3, 0.4) is 0 Å². The zero-order valence-corrected chi connectivity index (χ0v) is 14.6. The molecule has 0 bridgehead atoms. The van der Waals surface area contributed by atoms with Crippen LogP contribution in [0, 0.1) is 0 Å². The summed E-state index contributed by atoms with van der Waals surface area (Å²) >= 11 is 0. The van der Waals surface area contributed by atoms with E-state index in [2.05, 4.69) is 27.7 Å². The molecule has 1 heterocycles. The first kappa shape index (κ1) is 16.2. The van der Waals surface area contributed by atoms with Gasteiger partial charge in [-0.1, -0.05) is 6.07 Å². The Hall–Kier alpha value is -1.72. The Kier molecular flexibility index (Phi) is 3.81. The number of hydrogen-bond donors (Lipinski definition) is 0. The number of methoxy groups -OCH3 is 2. The minimum absolute atomic E-state index is 0.372. The zero-order chi connectivity index (χ0) is 16.8. The van der Waals surface area contributed by atoms with E-state index in [-0.39, 0.29) is 11.2 Å². The van der Waals surface area contributed by atoms with Crippen LogP contribution in [-0.4, -0.2) is 32.5 Å². The molecule has 0 unspecified atom stereocenters. The highest BCUT2D eigenvalue weighted by molar-refractivity contribution is 6.65. The molecule has 1 fully saturated rings. The Morgan fingerprint density at radius 3 is 2.04 bits per heavy atom. The van der Waals surface area contributed by atoms with Gasteiger partial charge in [0.15, 0.2) is 0 Å². The second-order valence-electron chi connectivity index (χ2n) is 6.86. The smallest absolute Gasteiger partial charge is 0.495 e. The quantitative estimate of drug-likeness (QED) is 0.816. The summed E-state index contributed by atoms with van der Waals surface area (Å²) in [5.41, 5.74) is 0.240. The normalized spacial score (nSPS) is 19.1. The predicted molar refractivity (Wildman–Crippen MR) is 92.8 cm³/mol. The first-order chi connectivity index (χ1) is 10.8. The Morgan fingerprint density at radius 1 is 0.826 bits per heavy atom. The van der Waals surface area contributed by atoms with E-state index >= 15 is 0 Å². The van der Waals surface area contributed by atoms with E-state index in [0.29, 0.717) is 0 Å². The molecular weight excluding hydrogens is 291 g/mol. The first-order valence-corrected chi connectivity index (χ1v) is 7.79. The maximum absolute atomic E-state index is 6.20. The summed E-state index contributed by atoms with van der Waals surface area (Å²) in [6.45, 7) is 8.22. The number of benzene rings is 2. The minimum Gasteiger partial charge on any atom is -0.497 e. The molecule has 2 aromatic rings. The molecular formula is C18H23BO4. The van der Waals surface area contributed by atoms with Gasteiger partial charge in [0, 0.05) is 5.39 Å². The van der Waals surface area contributed by atoms with Crippen molar-refractivity contribution in [1.29, 1.82) is 0 Å². The molecule has 1 aliphatic rings. The van der Waals surface area contributed by atoms with Crippen LogP contribution in [0.25, 0.3) is 10.8 Å². The Balaban J connectivity index is 2.15. The van der Waals surface area contributed by atoms with Crippen LogP contribution in [0.5, 0.6) is 11.5 Å². The maximum atomic E-state index is 6.20. The van der Waals surface area contributed by atoms with Crippen molar-refractivity contribution in [2.75, 3.05) is 14.2 Å². The predicted octanol–water partition coefficient (Wildman–Crippen LogP) is 3.16. The van der Waals surface area contributed by atoms with Gasteiger partial charge in [0.1, 0.15) is 11.5 Å². The summed E-state index contributed by atoms with van der Waals surface area (Å²) in [5, 5.41) is 2.03. The summed E-state index contributed by atoms with van der Waals surface area (Å²) in [6, 6.07) is 9.89. The Morgan fingerprint density at radius 2 is 1.48 bits per heavy atom. The minimum atomic E-state index is -0.416. The fourth-order valence-corrected chi connectivity index (χ4v) is 2.80. The summed E-state index contributed by atoms with van der Waals surface area (Å²) in [7, 11) is 2.92. The third kappa shape index (κ3) is 2.58. The lowest BCUT2D eigenvalue weighted by molar-refractivity contribution is 0.00578. The van der Waals surface area contributed by atoms with Gasteiger partial charge in [-0.15, -0.1) is 0 Å². The van der Waals surface area contributed by atoms with E-state index in [4.69, 9.17) is 18.8 Å². The largest absolute Gasteiger partial charge is 0.497 e. The molecule has 0 aromatic heterocycles. The van der Waals surface area contributed by atoms with E-state index in [9.17, 15) is 0 Å². The second-order valence-corrected chi connectivity index (χ2v) is 6.86. The van der Waals surface area contributed by atoms with Crippen molar-refractivity contribution >= 4 is 23.4 Å². The number of ether oxygens (including phenoxy) is 2. The van der Waals surface area contributed by atoms with Gasteiger partial charge in [-0.25, -0.2) is 0 Å². The van der Waals surface area contributed by atoms with E-state index in [1.807, 2.05) is 30.3 Å². The van der Waals surface area contributed by atoms with Crippen molar-refractivity contribution < 1.29 is 18.8 Å². The SMILES string of the molecule is COc1ccc2c(OC)ccc(B3OC(C)(C)C(C)(C)O3)c2c1. The van der Waals surface area contributed by atoms with Gasteiger partial charge < -0.3 is 18.8 Å². The summed E-state index contributed by atoms with van der Waals surface area (Å²) in [6.07, 6.45) is 0. The number of fused-ring (bicyclic) bond motifs is 1. The molecule has 2 aromatic carbocycles. The van der Waals surface area contributed by atoms with E-state index in [1.165, 1.54) is 0 Å². The molecule has 0 spiro atoms. The molecule has 23 heavy (non-hydrogen) atoms. The molecule has 0 saturated carbocycles. The lowest BCUT2D eigenvalue weighted by atomic mass is 9.76. The van der Waals surface area contributed by atoms with Crippen LogP contribution in [0.1, 0.15) is 27.7 Å². The third-order valence-corrected chi connectivity index (χ3v) is 4.94. The van der Waals surface area contributed by atoms with Gasteiger partial charge in [-0.05, 0) is 62.8 Å². The molecule has 122 valence electrons. The molecule has 0 radical (unpaired) electrons. The van der Waals surface area contributed by atoms with Gasteiger partial charge in [0.2, 0.25) is 0 Å². The lowest BCUT2D eigenvalue weighted by Crippen LogP contribution is -2.41. The molecule has 0 atom stereocenters. The van der Waals surface area contributed by atoms with E-state index in [0.717, 1.165) is 27.7 Å². The van der Waals surface area contributed by atoms with Crippen LogP contribution in [0.2, 0.25) is 0 Å². The highest BCUT2D eigenvalue weighted by Crippen LogP contribution is 2.38. The molecule has 0 aliphatic carbocycles. The van der Waals surface area contributed by atoms with Gasteiger partial charge >= 0.3 is 7.12 Å². The maximum Gasteiger partial charge on any atom is 0.495 e. The average molecular weight is 314 g/mol. The van der Waals surface area contributed by atoms with Crippen molar-refractivity contribution in [3.8, 4) is 11.5 Å². The third-order valence-electron chi connectivity index (χ3n) is 4.94. The Labute approximate surface area is 137 Å². The van der Waals surface area contributed by atoms with Crippen LogP contribution in [0.4, 0.5) is 0 Å². The topological polar surface area (TPSA) is 36.9 Å². The standard InChI is InChI=1S/C18H23BO4/c1-17(2)18(3,4)23-19(22-17)15-9-10-16(21-6)13-8-7-12(20-5)11-14(13)15/h7-11H,1-6H3. The Bertz CT molecular complexity index is 723. The van der Waals surface area contributed by atoms with Crippen LogP contribution in [0.15, 0.2) is 30.3 Å². The summed E-state index contributed by atoms with van der Waals surface area (Å²) in [4.78, 5) is 0. The van der Waals surface area contributed by atoms with Crippen LogP contribution in [-0.2, 0) is 9.31 Å². The molecule has 1 saturated heterocycles. The van der Waals surface area contributed by atoms with Crippen LogP contribution >= 0.6 is 0 Å². The number of rotatable bonds is 3. The van der Waals surface area contributed by atoms with Gasteiger partial charge in [-0.2, -0.15) is 0 Å². The summed E-state index contributed by atoms with van der Waals surface area (Å²) < 4.78 is 23.3. The van der Waals surface area contributed by atoms with Crippen molar-refractivity contribution in [2.24, 2.45) is 0 Å². The monoisotopic (exact) mass is 314 g/mol. The van der Waals surface area contributed by atoms with Gasteiger partial charge in [0.05, 0.1) is 25.4 Å². The first-order valence-electron chi connectivity index (χ1n) is 7.79. The molecule has 0 N–H and O–H groups in total. The van der Waals surface area contributed by atoms with E-state index < -0.39 is 7.12 Å². The molecule has 5 heteroatoms.